The molecule has 1 N–H and O–H groups in total. The molecule has 6 heteroatoms. The summed E-state index contributed by atoms with van der Waals surface area (Å²) >= 11 is 1.52. The third-order valence-corrected chi connectivity index (χ3v) is 4.14. The number of fused-ring (bicyclic) bond motifs is 1. The van der Waals surface area contributed by atoms with Gasteiger partial charge in [0.2, 0.25) is 0 Å². The highest BCUT2D eigenvalue weighted by Gasteiger charge is 2.34. The molecule has 2 aromatic heterocycles. The molecule has 0 bridgehead atoms. The van der Waals surface area contributed by atoms with E-state index >= 15 is 0 Å². The predicted molar refractivity (Wildman–Crippen MR) is 78.1 cm³/mol. The fraction of sp³-hybridized carbons (Fsp3) is 0.429. The van der Waals surface area contributed by atoms with E-state index in [9.17, 15) is 4.79 Å². The second-order valence-electron chi connectivity index (χ2n) is 4.86. The average molecular weight is 291 g/mol. The summed E-state index contributed by atoms with van der Waals surface area (Å²) in [4.78, 5) is 18.9. The lowest BCUT2D eigenvalue weighted by Gasteiger charge is -2.20. The van der Waals surface area contributed by atoms with Crippen molar-refractivity contribution in [3.8, 4) is 0 Å². The third kappa shape index (κ3) is 2.29. The summed E-state index contributed by atoms with van der Waals surface area (Å²) in [7, 11) is 0. The lowest BCUT2D eigenvalue weighted by Crippen LogP contribution is -2.35. The number of amides is 1. The monoisotopic (exact) mass is 291 g/mol. The van der Waals surface area contributed by atoms with Crippen molar-refractivity contribution in [3.63, 3.8) is 0 Å². The highest BCUT2D eigenvalue weighted by Crippen LogP contribution is 2.29. The normalized spacial score (nSPS) is 14.7. The highest BCUT2D eigenvalue weighted by molar-refractivity contribution is 7.98. The molecular weight excluding hydrogens is 274 g/mol. The van der Waals surface area contributed by atoms with Crippen LogP contribution < -0.4 is 0 Å². The van der Waals surface area contributed by atoms with Crippen LogP contribution >= 0.6 is 11.8 Å². The van der Waals surface area contributed by atoms with E-state index in [4.69, 9.17) is 5.11 Å². The number of aliphatic hydroxyl groups excluding tert-OH is 1. The first-order valence-electron chi connectivity index (χ1n) is 6.69. The van der Waals surface area contributed by atoms with E-state index in [2.05, 4.69) is 4.98 Å². The van der Waals surface area contributed by atoms with Crippen LogP contribution in [0, 0.1) is 0 Å². The molecule has 0 spiro atoms. The van der Waals surface area contributed by atoms with Crippen LogP contribution in [0.3, 0.4) is 0 Å². The van der Waals surface area contributed by atoms with Gasteiger partial charge in [-0.05, 0) is 31.2 Å². The van der Waals surface area contributed by atoms with Crippen molar-refractivity contribution in [3.05, 3.63) is 30.1 Å². The van der Waals surface area contributed by atoms with Crippen molar-refractivity contribution in [1.82, 2.24) is 14.3 Å². The number of nitrogens with zero attached hydrogens (tertiary/aromatic N) is 3. The molecule has 0 radical (unpaired) electrons. The van der Waals surface area contributed by atoms with Crippen LogP contribution in [0.25, 0.3) is 5.52 Å². The number of hydrogen-bond donors (Lipinski definition) is 1. The third-order valence-electron chi connectivity index (χ3n) is 3.49. The second-order valence-corrected chi connectivity index (χ2v) is 5.63. The molecule has 1 amide bonds. The summed E-state index contributed by atoms with van der Waals surface area (Å²) in [6.07, 6.45) is 5.90. The van der Waals surface area contributed by atoms with Crippen LogP contribution in [0.1, 0.15) is 23.3 Å². The van der Waals surface area contributed by atoms with E-state index in [-0.39, 0.29) is 18.6 Å². The summed E-state index contributed by atoms with van der Waals surface area (Å²) in [6.45, 7) is 0.368. The van der Waals surface area contributed by atoms with Gasteiger partial charge in [0.05, 0.1) is 12.1 Å². The van der Waals surface area contributed by atoms with Crippen molar-refractivity contribution in [2.45, 2.75) is 24.0 Å². The molecule has 1 fully saturated rings. The average Bonchev–Trinajstić information content (AvgIpc) is 3.24. The van der Waals surface area contributed by atoms with Crippen molar-refractivity contribution in [2.24, 2.45) is 0 Å². The first kappa shape index (κ1) is 13.5. The maximum atomic E-state index is 12.7. The Bertz CT molecular complexity index is 636. The second kappa shape index (κ2) is 5.46. The van der Waals surface area contributed by atoms with Crippen molar-refractivity contribution >= 4 is 23.2 Å². The molecule has 1 saturated carbocycles. The topological polar surface area (TPSA) is 57.8 Å². The van der Waals surface area contributed by atoms with Crippen LogP contribution in [-0.4, -0.2) is 50.7 Å². The number of carbonyl (C=O) groups is 1. The van der Waals surface area contributed by atoms with E-state index in [0.29, 0.717) is 12.2 Å². The maximum absolute atomic E-state index is 12.7. The number of aliphatic hydroxyl groups is 1. The molecule has 0 aliphatic heterocycles. The lowest BCUT2D eigenvalue weighted by atomic mass is 10.3. The van der Waals surface area contributed by atoms with E-state index in [1.165, 1.54) is 11.8 Å². The van der Waals surface area contributed by atoms with Gasteiger partial charge in [-0.3, -0.25) is 9.20 Å². The summed E-state index contributed by atoms with van der Waals surface area (Å²) < 4.78 is 1.93. The van der Waals surface area contributed by atoms with Gasteiger partial charge in [0.25, 0.3) is 5.91 Å². The van der Waals surface area contributed by atoms with E-state index in [0.717, 1.165) is 23.5 Å². The van der Waals surface area contributed by atoms with Gasteiger partial charge in [0.15, 0.2) is 10.9 Å². The molecule has 0 aromatic carbocycles. The molecule has 106 valence electrons. The minimum atomic E-state index is -0.0782. The summed E-state index contributed by atoms with van der Waals surface area (Å²) in [5.41, 5.74) is 1.31. The molecule has 1 aliphatic carbocycles. The number of hydrogen-bond acceptors (Lipinski definition) is 4. The van der Waals surface area contributed by atoms with Gasteiger partial charge < -0.3 is 10.0 Å². The fourth-order valence-corrected chi connectivity index (χ4v) is 2.93. The molecule has 0 atom stereocenters. The minimum absolute atomic E-state index is 0.0105. The summed E-state index contributed by atoms with van der Waals surface area (Å²) in [6, 6.07) is 6.01. The maximum Gasteiger partial charge on any atom is 0.275 e. The molecule has 20 heavy (non-hydrogen) atoms. The zero-order valence-electron chi connectivity index (χ0n) is 11.3. The highest BCUT2D eigenvalue weighted by atomic mass is 32.2. The van der Waals surface area contributed by atoms with Crippen LogP contribution in [-0.2, 0) is 0 Å². The Hall–Kier alpha value is -1.53. The largest absolute Gasteiger partial charge is 0.395 e. The Kier molecular flexibility index (Phi) is 3.67. The first-order chi connectivity index (χ1) is 9.76. The van der Waals surface area contributed by atoms with Gasteiger partial charge in [-0.2, -0.15) is 0 Å². The zero-order valence-corrected chi connectivity index (χ0v) is 12.1. The number of thioether (sulfide) groups is 1. The Labute approximate surface area is 121 Å². The molecule has 1 aliphatic rings. The van der Waals surface area contributed by atoms with Crippen LogP contribution in [0.15, 0.2) is 29.6 Å². The van der Waals surface area contributed by atoms with Crippen LogP contribution in [0.5, 0.6) is 0 Å². The molecule has 3 rings (SSSR count). The minimum Gasteiger partial charge on any atom is -0.395 e. The van der Waals surface area contributed by atoms with Crippen molar-refractivity contribution in [1.29, 1.82) is 0 Å². The summed E-state index contributed by atoms with van der Waals surface area (Å²) in [5.74, 6) is -0.0782. The Morgan fingerprint density at radius 1 is 1.55 bits per heavy atom. The van der Waals surface area contributed by atoms with E-state index < -0.39 is 0 Å². The van der Waals surface area contributed by atoms with Gasteiger partial charge in [-0.1, -0.05) is 17.8 Å². The van der Waals surface area contributed by atoms with Gasteiger partial charge >= 0.3 is 0 Å². The summed E-state index contributed by atoms with van der Waals surface area (Å²) in [5, 5.41) is 9.96. The predicted octanol–water partition coefficient (Wildman–Crippen LogP) is 1.65. The van der Waals surface area contributed by atoms with E-state index in [1.54, 1.807) is 4.90 Å². The number of aromatic nitrogens is 2. The Morgan fingerprint density at radius 3 is 3.00 bits per heavy atom. The smallest absolute Gasteiger partial charge is 0.275 e. The van der Waals surface area contributed by atoms with Gasteiger partial charge in [0, 0.05) is 18.8 Å². The first-order valence-corrected chi connectivity index (χ1v) is 7.91. The SMILES string of the molecule is CSc1nc(C(=O)N(CCO)C2CC2)c2ccccn12. The number of rotatable bonds is 5. The quantitative estimate of drug-likeness (QED) is 0.851. The molecule has 0 saturated heterocycles. The van der Waals surface area contributed by atoms with Crippen LogP contribution in [0.4, 0.5) is 0 Å². The number of pyridine rings is 1. The standard InChI is InChI=1S/C14H17N3O2S/c1-20-14-15-12(11-4-2-3-7-17(11)14)13(19)16(8-9-18)10-5-6-10/h2-4,7,10,18H,5-6,8-9H2,1H3. The van der Waals surface area contributed by atoms with Gasteiger partial charge in [-0.15, -0.1) is 0 Å². The molecule has 2 aromatic rings. The zero-order chi connectivity index (χ0) is 14.1. The molecule has 5 nitrogen and oxygen atoms in total. The van der Waals surface area contributed by atoms with Crippen LogP contribution in [0.2, 0.25) is 0 Å². The molecule has 0 unspecified atom stereocenters. The molecular formula is C14H17N3O2S. The number of carbonyl (C=O) groups excluding carboxylic acids is 1. The fourth-order valence-electron chi connectivity index (χ4n) is 2.39. The van der Waals surface area contributed by atoms with Gasteiger partial charge in [-0.25, -0.2) is 4.98 Å². The Morgan fingerprint density at radius 2 is 2.35 bits per heavy atom. The van der Waals surface area contributed by atoms with Gasteiger partial charge in [0.1, 0.15) is 0 Å². The van der Waals surface area contributed by atoms with Crippen molar-refractivity contribution in [2.75, 3.05) is 19.4 Å². The van der Waals surface area contributed by atoms with Crippen molar-refractivity contribution < 1.29 is 9.90 Å². The molecule has 2 heterocycles. The lowest BCUT2D eigenvalue weighted by molar-refractivity contribution is 0.0704. The Balaban J connectivity index is 2.02. The number of imidazole rings is 1. The van der Waals surface area contributed by atoms with E-state index in [1.807, 2.05) is 35.1 Å².